The maximum atomic E-state index is 5.75. The van der Waals surface area contributed by atoms with Crippen LogP contribution in [0.2, 0.25) is 5.54 Å². The van der Waals surface area contributed by atoms with Gasteiger partial charge in [-0.2, -0.15) is 0 Å². The smallest absolute Gasteiger partial charge is 0.386 e. The molecule has 0 heterocycles. The van der Waals surface area contributed by atoms with Crippen molar-refractivity contribution in [3.05, 3.63) is 0 Å². The molecule has 0 aromatic heterocycles. The van der Waals surface area contributed by atoms with E-state index in [0.29, 0.717) is 5.54 Å². The average molecular weight is 269 g/mol. The number of halogens is 1. The number of hydrogen-bond donors (Lipinski definition) is 0. The van der Waals surface area contributed by atoms with Crippen LogP contribution in [0.15, 0.2) is 0 Å². The quantitative estimate of drug-likeness (QED) is 0.519. The van der Waals surface area contributed by atoms with Crippen LogP contribution < -0.4 is 0 Å². The third-order valence-corrected chi connectivity index (χ3v) is 8.63. The molecule has 0 atom stereocenters. The van der Waals surface area contributed by atoms with Gasteiger partial charge in [-0.05, 0) is 13.8 Å². The first-order valence-electron chi connectivity index (χ1n) is 5.11. The van der Waals surface area contributed by atoms with E-state index in [2.05, 4.69) is 29.1 Å². The molecule has 13 heavy (non-hydrogen) atoms. The van der Waals surface area contributed by atoms with Crippen molar-refractivity contribution >= 4 is 22.5 Å². The zero-order chi connectivity index (χ0) is 10.3. The van der Waals surface area contributed by atoms with Crippen LogP contribution in [-0.4, -0.2) is 20.4 Å². The van der Waals surface area contributed by atoms with Crippen molar-refractivity contribution in [3.63, 3.8) is 0 Å². The van der Waals surface area contributed by atoms with Gasteiger partial charge in [0.15, 0.2) is 0 Å². The maximum Gasteiger partial charge on any atom is 0.417 e. The van der Waals surface area contributed by atoms with Crippen LogP contribution in [0.1, 0.15) is 40.5 Å². The number of rotatable bonds is 7. The summed E-state index contributed by atoms with van der Waals surface area (Å²) in [6, 6.07) is 0. The van der Waals surface area contributed by atoms with Crippen LogP contribution in [0.25, 0.3) is 0 Å². The van der Waals surface area contributed by atoms with E-state index in [-0.39, 0.29) is 0 Å². The van der Waals surface area contributed by atoms with E-state index in [0.717, 1.165) is 26.1 Å². The minimum atomic E-state index is -2.07. The normalized spacial score (nSPS) is 12.5. The Hall–Kier alpha value is 0.617. The summed E-state index contributed by atoms with van der Waals surface area (Å²) in [6.07, 6.45) is 2.24. The first-order chi connectivity index (χ1) is 6.14. The molecule has 0 amide bonds. The van der Waals surface area contributed by atoms with Gasteiger partial charge < -0.3 is 8.85 Å². The van der Waals surface area contributed by atoms with Gasteiger partial charge in [-0.3, -0.25) is 0 Å². The summed E-state index contributed by atoms with van der Waals surface area (Å²) < 4.78 is 11.5. The van der Waals surface area contributed by atoms with Crippen LogP contribution in [-0.2, 0) is 8.85 Å². The summed E-state index contributed by atoms with van der Waals surface area (Å²) in [4.78, 5) is 0. The van der Waals surface area contributed by atoms with Crippen molar-refractivity contribution in [3.8, 4) is 0 Å². The Balaban J connectivity index is 4.33. The average Bonchev–Trinajstić information content (AvgIpc) is 2.07. The van der Waals surface area contributed by atoms with Crippen molar-refractivity contribution in [1.82, 2.24) is 0 Å². The Kier molecular flexibility index (Phi) is 7.31. The second kappa shape index (κ2) is 6.98. The summed E-state index contributed by atoms with van der Waals surface area (Å²) >= 11 is 3.69. The molecule has 4 heteroatoms. The Morgan fingerprint density at radius 1 is 1.00 bits per heavy atom. The van der Waals surface area contributed by atoms with Crippen LogP contribution in [0.4, 0.5) is 0 Å². The van der Waals surface area contributed by atoms with Crippen molar-refractivity contribution in [2.75, 3.05) is 13.2 Å². The Morgan fingerprint density at radius 2 is 1.38 bits per heavy atom. The SMILES string of the molecule is CCO[Si](Br)(OCC)C(CC)CC. The van der Waals surface area contributed by atoms with Gasteiger partial charge in [0, 0.05) is 18.8 Å². The Bertz CT molecular complexity index is 123. The molecule has 0 bridgehead atoms. The lowest BCUT2D eigenvalue weighted by molar-refractivity contribution is 0.195. The third-order valence-electron chi connectivity index (χ3n) is 2.16. The van der Waals surface area contributed by atoms with Crippen molar-refractivity contribution < 1.29 is 8.85 Å². The van der Waals surface area contributed by atoms with E-state index in [4.69, 9.17) is 8.85 Å². The van der Waals surface area contributed by atoms with Crippen molar-refractivity contribution in [2.45, 2.75) is 46.1 Å². The van der Waals surface area contributed by atoms with Gasteiger partial charge in [0.05, 0.1) is 0 Å². The van der Waals surface area contributed by atoms with E-state index in [1.165, 1.54) is 0 Å². The second-order valence-corrected chi connectivity index (χ2v) is 8.84. The molecule has 80 valence electrons. The highest BCUT2D eigenvalue weighted by atomic mass is 79.9. The molecule has 0 aliphatic rings. The minimum absolute atomic E-state index is 0.549. The largest absolute Gasteiger partial charge is 0.417 e. The molecule has 0 unspecified atom stereocenters. The van der Waals surface area contributed by atoms with Crippen molar-refractivity contribution in [1.29, 1.82) is 0 Å². The monoisotopic (exact) mass is 268 g/mol. The highest BCUT2D eigenvalue weighted by Gasteiger charge is 2.41. The zero-order valence-electron chi connectivity index (χ0n) is 9.10. The predicted octanol–water partition coefficient (Wildman–Crippen LogP) is 3.58. The molecule has 0 aliphatic carbocycles. The number of hydrogen-bond acceptors (Lipinski definition) is 2. The first-order valence-corrected chi connectivity index (χ1v) is 9.26. The summed E-state index contributed by atoms with van der Waals surface area (Å²) in [5.41, 5.74) is 0.549. The lowest BCUT2D eigenvalue weighted by Crippen LogP contribution is -2.40. The fourth-order valence-electron chi connectivity index (χ4n) is 1.45. The molecule has 0 aromatic carbocycles. The van der Waals surface area contributed by atoms with Crippen LogP contribution in [0.5, 0.6) is 0 Å². The zero-order valence-corrected chi connectivity index (χ0v) is 11.7. The van der Waals surface area contributed by atoms with Gasteiger partial charge in [0.1, 0.15) is 0 Å². The van der Waals surface area contributed by atoms with Gasteiger partial charge in [0.25, 0.3) is 0 Å². The summed E-state index contributed by atoms with van der Waals surface area (Å²) in [5, 5.41) is 0. The lowest BCUT2D eigenvalue weighted by Gasteiger charge is -2.30. The molecule has 0 fully saturated rings. The van der Waals surface area contributed by atoms with Gasteiger partial charge in [0.2, 0.25) is 0 Å². The molecule has 0 N–H and O–H groups in total. The summed E-state index contributed by atoms with van der Waals surface area (Å²) in [7, 11) is -2.07. The highest BCUT2D eigenvalue weighted by Crippen LogP contribution is 2.35. The van der Waals surface area contributed by atoms with Gasteiger partial charge in [-0.15, -0.1) is 0 Å². The fraction of sp³-hybridized carbons (Fsp3) is 1.00. The first kappa shape index (κ1) is 13.6. The highest BCUT2D eigenvalue weighted by molar-refractivity contribution is 9.25. The van der Waals surface area contributed by atoms with Crippen LogP contribution >= 0.6 is 15.3 Å². The van der Waals surface area contributed by atoms with E-state index >= 15 is 0 Å². The molecule has 0 rings (SSSR count). The standard InChI is InChI=1S/C9H21BrO2Si/c1-5-9(6-2)13(10,11-7-3)12-8-4/h9H,5-8H2,1-4H3. The lowest BCUT2D eigenvalue weighted by atomic mass is 10.3. The molecule has 0 aromatic rings. The summed E-state index contributed by atoms with van der Waals surface area (Å²) in [6.45, 7) is 9.88. The molecule has 0 saturated heterocycles. The van der Waals surface area contributed by atoms with Crippen molar-refractivity contribution in [2.24, 2.45) is 0 Å². The Labute approximate surface area is 90.8 Å². The van der Waals surface area contributed by atoms with Gasteiger partial charge >= 0.3 is 7.18 Å². The van der Waals surface area contributed by atoms with Crippen LogP contribution in [0, 0.1) is 0 Å². The van der Waals surface area contributed by atoms with E-state index in [1.807, 2.05) is 13.8 Å². The molecule has 0 saturated carbocycles. The van der Waals surface area contributed by atoms with Gasteiger partial charge in [-0.25, -0.2) is 0 Å². The Morgan fingerprint density at radius 3 is 1.62 bits per heavy atom. The molecular formula is C9H21BrO2Si. The maximum absolute atomic E-state index is 5.75. The predicted molar refractivity (Wildman–Crippen MR) is 62.3 cm³/mol. The molecule has 2 nitrogen and oxygen atoms in total. The molecular weight excluding hydrogens is 248 g/mol. The molecule has 0 radical (unpaired) electrons. The van der Waals surface area contributed by atoms with E-state index in [9.17, 15) is 0 Å². The fourth-order valence-corrected chi connectivity index (χ4v) is 7.08. The van der Waals surface area contributed by atoms with E-state index < -0.39 is 7.18 Å². The van der Waals surface area contributed by atoms with Crippen LogP contribution in [0.3, 0.4) is 0 Å². The van der Waals surface area contributed by atoms with E-state index in [1.54, 1.807) is 0 Å². The van der Waals surface area contributed by atoms with Gasteiger partial charge in [-0.1, -0.05) is 42.0 Å². The third kappa shape index (κ3) is 4.10. The minimum Gasteiger partial charge on any atom is -0.386 e. The molecule has 0 aliphatic heterocycles. The molecule has 0 spiro atoms. The topological polar surface area (TPSA) is 18.5 Å². The second-order valence-electron chi connectivity index (χ2n) is 2.96. The summed E-state index contributed by atoms with van der Waals surface area (Å²) in [5.74, 6) is 0.